The van der Waals surface area contributed by atoms with Gasteiger partial charge in [-0.3, -0.25) is 0 Å². The summed E-state index contributed by atoms with van der Waals surface area (Å²) in [5.74, 6) is 0. The largest absolute Gasteiger partial charge is 0.396 e. The summed E-state index contributed by atoms with van der Waals surface area (Å²) < 4.78 is 0. The first-order chi connectivity index (χ1) is 5.68. The van der Waals surface area contributed by atoms with E-state index in [0.717, 1.165) is 13.0 Å². The molecule has 0 radical (unpaired) electrons. The lowest BCUT2D eigenvalue weighted by Crippen LogP contribution is -2.37. The number of nitrogens with one attached hydrogen (secondary N) is 1. The smallest absolute Gasteiger partial charge is 0.0487 e. The fraction of sp³-hybridized carbons (Fsp3) is 1.00. The molecule has 0 aromatic heterocycles. The highest BCUT2D eigenvalue weighted by Crippen LogP contribution is 2.42. The minimum Gasteiger partial charge on any atom is -0.396 e. The standard InChI is InChI=1S/C10H21NO/c1-9(2)11-7-6-10(8-12)4-3-5-10/h9,11-12H,3-8H2,1-2H3. The minimum atomic E-state index is 0.294. The molecule has 2 heteroatoms. The third-order valence-electron chi connectivity index (χ3n) is 2.96. The van der Waals surface area contributed by atoms with Crippen LogP contribution in [0.5, 0.6) is 0 Å². The summed E-state index contributed by atoms with van der Waals surface area (Å²) in [6.45, 7) is 5.75. The first-order valence-corrected chi connectivity index (χ1v) is 5.03. The van der Waals surface area contributed by atoms with Crippen LogP contribution in [0.3, 0.4) is 0 Å². The fourth-order valence-electron chi connectivity index (χ4n) is 1.79. The highest BCUT2D eigenvalue weighted by atomic mass is 16.3. The Labute approximate surface area is 75.4 Å². The molecule has 1 rings (SSSR count). The molecule has 72 valence electrons. The van der Waals surface area contributed by atoms with Gasteiger partial charge in [-0.05, 0) is 31.2 Å². The monoisotopic (exact) mass is 171 g/mol. The lowest BCUT2D eigenvalue weighted by Gasteiger charge is -2.40. The first-order valence-electron chi connectivity index (χ1n) is 5.03. The number of aliphatic hydroxyl groups is 1. The molecule has 0 spiro atoms. The molecule has 0 amide bonds. The van der Waals surface area contributed by atoms with Crippen LogP contribution < -0.4 is 5.32 Å². The number of hydrogen-bond donors (Lipinski definition) is 2. The third kappa shape index (κ3) is 2.46. The van der Waals surface area contributed by atoms with E-state index in [1.54, 1.807) is 0 Å². The molecule has 0 unspecified atom stereocenters. The normalized spacial score (nSPS) is 21.0. The van der Waals surface area contributed by atoms with E-state index in [-0.39, 0.29) is 0 Å². The van der Waals surface area contributed by atoms with Gasteiger partial charge in [-0.15, -0.1) is 0 Å². The van der Waals surface area contributed by atoms with Crippen molar-refractivity contribution in [2.75, 3.05) is 13.2 Å². The highest BCUT2D eigenvalue weighted by molar-refractivity contribution is 4.87. The van der Waals surface area contributed by atoms with Crippen molar-refractivity contribution in [3.05, 3.63) is 0 Å². The minimum absolute atomic E-state index is 0.294. The summed E-state index contributed by atoms with van der Waals surface area (Å²) in [4.78, 5) is 0. The van der Waals surface area contributed by atoms with Crippen LogP contribution in [0.4, 0.5) is 0 Å². The van der Waals surface area contributed by atoms with E-state index in [1.165, 1.54) is 19.3 Å². The lowest BCUT2D eigenvalue weighted by molar-refractivity contribution is 0.0360. The van der Waals surface area contributed by atoms with Crippen LogP contribution in [0.1, 0.15) is 39.5 Å². The molecule has 12 heavy (non-hydrogen) atoms. The maximum absolute atomic E-state index is 9.17. The molecule has 2 N–H and O–H groups in total. The van der Waals surface area contributed by atoms with E-state index in [2.05, 4.69) is 19.2 Å². The van der Waals surface area contributed by atoms with E-state index in [9.17, 15) is 5.11 Å². The van der Waals surface area contributed by atoms with Crippen molar-refractivity contribution < 1.29 is 5.11 Å². The van der Waals surface area contributed by atoms with Crippen LogP contribution in [-0.2, 0) is 0 Å². The highest BCUT2D eigenvalue weighted by Gasteiger charge is 2.35. The molecule has 0 aromatic rings. The maximum atomic E-state index is 9.17. The Kier molecular flexibility index (Phi) is 3.53. The molecule has 1 aliphatic carbocycles. The summed E-state index contributed by atoms with van der Waals surface area (Å²) in [5, 5.41) is 12.6. The number of hydrogen-bond acceptors (Lipinski definition) is 2. The van der Waals surface area contributed by atoms with E-state index < -0.39 is 0 Å². The van der Waals surface area contributed by atoms with Gasteiger partial charge in [0.25, 0.3) is 0 Å². The van der Waals surface area contributed by atoms with E-state index >= 15 is 0 Å². The molecule has 1 saturated carbocycles. The molecule has 0 aromatic carbocycles. The zero-order valence-electron chi connectivity index (χ0n) is 8.27. The van der Waals surface area contributed by atoms with E-state index in [1.807, 2.05) is 0 Å². The van der Waals surface area contributed by atoms with Crippen molar-refractivity contribution in [1.82, 2.24) is 5.32 Å². The molecule has 1 aliphatic rings. The van der Waals surface area contributed by atoms with Gasteiger partial charge in [0, 0.05) is 12.6 Å². The number of rotatable bonds is 5. The zero-order chi connectivity index (χ0) is 9.03. The van der Waals surface area contributed by atoms with Gasteiger partial charge in [0.15, 0.2) is 0 Å². The van der Waals surface area contributed by atoms with Gasteiger partial charge in [0.2, 0.25) is 0 Å². The van der Waals surface area contributed by atoms with Gasteiger partial charge in [-0.25, -0.2) is 0 Å². The second-order valence-electron chi connectivity index (χ2n) is 4.37. The Morgan fingerprint density at radius 1 is 1.42 bits per heavy atom. The van der Waals surface area contributed by atoms with Gasteiger partial charge in [0.1, 0.15) is 0 Å². The van der Waals surface area contributed by atoms with Crippen LogP contribution in [0.15, 0.2) is 0 Å². The molecule has 1 fully saturated rings. The quantitative estimate of drug-likeness (QED) is 0.657. The molecule has 0 heterocycles. The van der Waals surface area contributed by atoms with Gasteiger partial charge in [-0.2, -0.15) is 0 Å². The third-order valence-corrected chi connectivity index (χ3v) is 2.96. The SMILES string of the molecule is CC(C)NCCC1(CO)CCC1. The van der Waals surface area contributed by atoms with Crippen molar-refractivity contribution >= 4 is 0 Å². The maximum Gasteiger partial charge on any atom is 0.0487 e. The van der Waals surface area contributed by atoms with Crippen LogP contribution in [-0.4, -0.2) is 24.3 Å². The molecule has 0 atom stereocenters. The van der Waals surface area contributed by atoms with Crippen molar-refractivity contribution in [3.63, 3.8) is 0 Å². The van der Waals surface area contributed by atoms with E-state index in [0.29, 0.717) is 18.1 Å². The van der Waals surface area contributed by atoms with Gasteiger partial charge < -0.3 is 10.4 Å². The Morgan fingerprint density at radius 3 is 2.42 bits per heavy atom. The van der Waals surface area contributed by atoms with Gasteiger partial charge >= 0.3 is 0 Å². The summed E-state index contributed by atoms with van der Waals surface area (Å²) in [5.41, 5.74) is 0.294. The molecule has 2 nitrogen and oxygen atoms in total. The summed E-state index contributed by atoms with van der Waals surface area (Å²) in [6, 6.07) is 0.570. The topological polar surface area (TPSA) is 32.3 Å². The molecule has 0 bridgehead atoms. The predicted octanol–water partition coefficient (Wildman–Crippen LogP) is 1.54. The summed E-state index contributed by atoms with van der Waals surface area (Å²) in [7, 11) is 0. The Hall–Kier alpha value is -0.0800. The fourth-order valence-corrected chi connectivity index (χ4v) is 1.79. The van der Waals surface area contributed by atoms with E-state index in [4.69, 9.17) is 0 Å². The van der Waals surface area contributed by atoms with Crippen molar-refractivity contribution in [2.45, 2.75) is 45.6 Å². The first kappa shape index (κ1) is 10.0. The van der Waals surface area contributed by atoms with Crippen molar-refractivity contribution in [1.29, 1.82) is 0 Å². The lowest BCUT2D eigenvalue weighted by atomic mass is 9.67. The predicted molar refractivity (Wildman–Crippen MR) is 51.1 cm³/mol. The van der Waals surface area contributed by atoms with Crippen LogP contribution in [0.25, 0.3) is 0 Å². The second-order valence-corrected chi connectivity index (χ2v) is 4.37. The Bertz CT molecular complexity index is 124. The second kappa shape index (κ2) is 4.24. The molecule has 0 aliphatic heterocycles. The molecular formula is C10H21NO. The summed E-state index contributed by atoms with van der Waals surface area (Å²) in [6.07, 6.45) is 4.90. The number of aliphatic hydroxyl groups excluding tert-OH is 1. The zero-order valence-corrected chi connectivity index (χ0v) is 8.27. The molecular weight excluding hydrogens is 150 g/mol. The average Bonchev–Trinajstić information content (AvgIpc) is 1.94. The van der Waals surface area contributed by atoms with Gasteiger partial charge in [0.05, 0.1) is 0 Å². The van der Waals surface area contributed by atoms with Crippen LogP contribution >= 0.6 is 0 Å². The van der Waals surface area contributed by atoms with Gasteiger partial charge in [-0.1, -0.05) is 20.3 Å². The molecule has 0 saturated heterocycles. The summed E-state index contributed by atoms with van der Waals surface area (Å²) >= 11 is 0. The van der Waals surface area contributed by atoms with Crippen LogP contribution in [0, 0.1) is 5.41 Å². The Morgan fingerprint density at radius 2 is 2.08 bits per heavy atom. The average molecular weight is 171 g/mol. The van der Waals surface area contributed by atoms with Crippen LogP contribution in [0.2, 0.25) is 0 Å². The van der Waals surface area contributed by atoms with Crippen molar-refractivity contribution in [2.24, 2.45) is 5.41 Å². The Balaban J connectivity index is 2.12. The van der Waals surface area contributed by atoms with Crippen molar-refractivity contribution in [3.8, 4) is 0 Å².